The Bertz CT molecular complexity index is 629. The van der Waals surface area contributed by atoms with Crippen molar-refractivity contribution in [1.29, 1.82) is 0 Å². The van der Waals surface area contributed by atoms with Crippen molar-refractivity contribution < 1.29 is 13.9 Å². The molecule has 2 aromatic rings. The van der Waals surface area contributed by atoms with Gasteiger partial charge in [0.2, 0.25) is 0 Å². The van der Waals surface area contributed by atoms with Gasteiger partial charge in [-0.15, -0.1) is 0 Å². The van der Waals surface area contributed by atoms with E-state index < -0.39 is 5.82 Å². The first kappa shape index (κ1) is 14.7. The summed E-state index contributed by atoms with van der Waals surface area (Å²) < 4.78 is 24.0. The predicted molar refractivity (Wildman–Crippen MR) is 76.9 cm³/mol. The van der Waals surface area contributed by atoms with E-state index in [4.69, 9.17) is 9.47 Å². The molecule has 0 aliphatic carbocycles. The second kappa shape index (κ2) is 6.65. The van der Waals surface area contributed by atoms with E-state index in [2.05, 4.69) is 15.0 Å². The molecule has 21 heavy (non-hydrogen) atoms. The maximum atomic E-state index is 13.5. The second-order valence-corrected chi connectivity index (χ2v) is 4.31. The van der Waals surface area contributed by atoms with Gasteiger partial charge in [-0.2, -0.15) is 4.98 Å². The average molecular weight is 290 g/mol. The van der Waals surface area contributed by atoms with E-state index in [9.17, 15) is 4.39 Å². The molecule has 0 aliphatic rings. The molecule has 0 fully saturated rings. The molecule has 0 atom stereocenters. The molecule has 0 saturated heterocycles. The highest BCUT2D eigenvalue weighted by atomic mass is 19.1. The van der Waals surface area contributed by atoms with Crippen LogP contribution in [0.5, 0.6) is 17.5 Å². The van der Waals surface area contributed by atoms with Crippen LogP contribution in [0.3, 0.4) is 0 Å². The van der Waals surface area contributed by atoms with Crippen LogP contribution in [0.4, 0.5) is 10.2 Å². The van der Waals surface area contributed by atoms with Gasteiger partial charge in [0.05, 0.1) is 19.6 Å². The summed E-state index contributed by atoms with van der Waals surface area (Å²) in [7, 11) is 5.13. The van der Waals surface area contributed by atoms with Crippen molar-refractivity contribution in [3.63, 3.8) is 0 Å². The number of hydrogen-bond donors (Lipinski definition) is 0. The average Bonchev–Trinajstić information content (AvgIpc) is 2.48. The van der Waals surface area contributed by atoms with Crippen molar-refractivity contribution >= 4 is 12.2 Å². The third-order valence-corrected chi connectivity index (χ3v) is 2.38. The van der Waals surface area contributed by atoms with Gasteiger partial charge in [0.15, 0.2) is 11.6 Å². The van der Waals surface area contributed by atoms with E-state index in [1.54, 1.807) is 50.4 Å². The molecule has 0 spiro atoms. The monoisotopic (exact) mass is 290 g/mol. The zero-order valence-corrected chi connectivity index (χ0v) is 11.9. The Morgan fingerprint density at radius 2 is 1.86 bits per heavy atom. The highest BCUT2D eigenvalue weighted by Crippen LogP contribution is 2.23. The van der Waals surface area contributed by atoms with Crippen LogP contribution in [0.15, 0.2) is 35.5 Å². The molecular weight excluding hydrogens is 275 g/mol. The molecule has 1 aromatic heterocycles. The van der Waals surface area contributed by atoms with Crippen LogP contribution in [0.1, 0.15) is 0 Å². The van der Waals surface area contributed by atoms with Crippen molar-refractivity contribution in [1.82, 2.24) is 14.9 Å². The Morgan fingerprint density at radius 3 is 2.48 bits per heavy atom. The lowest BCUT2D eigenvalue weighted by Gasteiger charge is -2.06. The number of halogens is 1. The van der Waals surface area contributed by atoms with Crippen LogP contribution >= 0.6 is 0 Å². The first-order valence-corrected chi connectivity index (χ1v) is 6.13. The third kappa shape index (κ3) is 4.13. The second-order valence-electron chi connectivity index (χ2n) is 4.31. The van der Waals surface area contributed by atoms with Gasteiger partial charge in [-0.1, -0.05) is 0 Å². The minimum absolute atomic E-state index is 0.0208. The molecular formula is C14H15FN4O2. The Kier molecular flexibility index (Phi) is 4.65. The number of ether oxygens (including phenoxy) is 2. The standard InChI is InChI=1S/C14H15FN4O2/c1-19(2)9-17-13-12(15)8-16-14(18-13)21-11-6-4-10(20-3)5-7-11/h4-9H,1-3H3/b17-9+. The van der Waals surface area contributed by atoms with Crippen LogP contribution in [0.2, 0.25) is 0 Å². The zero-order chi connectivity index (χ0) is 15.2. The van der Waals surface area contributed by atoms with Crippen LogP contribution in [0.25, 0.3) is 0 Å². The van der Waals surface area contributed by atoms with E-state index in [0.717, 1.165) is 6.20 Å². The summed E-state index contributed by atoms with van der Waals surface area (Å²) in [4.78, 5) is 13.3. The van der Waals surface area contributed by atoms with E-state index >= 15 is 0 Å². The fourth-order valence-corrected chi connectivity index (χ4v) is 1.40. The van der Waals surface area contributed by atoms with Gasteiger partial charge < -0.3 is 14.4 Å². The number of benzene rings is 1. The van der Waals surface area contributed by atoms with Crippen molar-refractivity contribution in [3.8, 4) is 17.5 Å². The largest absolute Gasteiger partial charge is 0.497 e. The molecule has 0 aliphatic heterocycles. The molecule has 7 heteroatoms. The Hall–Kier alpha value is -2.70. The summed E-state index contributed by atoms with van der Waals surface area (Å²) in [6.45, 7) is 0. The summed E-state index contributed by atoms with van der Waals surface area (Å²) in [5.74, 6) is 0.529. The highest BCUT2D eigenvalue weighted by molar-refractivity contribution is 5.59. The summed E-state index contributed by atoms with van der Waals surface area (Å²) in [5.41, 5.74) is 0. The Morgan fingerprint density at radius 1 is 1.19 bits per heavy atom. The molecule has 6 nitrogen and oxygen atoms in total. The lowest BCUT2D eigenvalue weighted by Crippen LogP contribution is -2.07. The first-order chi connectivity index (χ1) is 10.1. The fourth-order valence-electron chi connectivity index (χ4n) is 1.40. The lowest BCUT2D eigenvalue weighted by atomic mass is 10.3. The predicted octanol–water partition coefficient (Wildman–Crippen LogP) is 2.64. The fraction of sp³-hybridized carbons (Fsp3) is 0.214. The number of aliphatic imine (C=N–C) groups is 1. The smallest absolute Gasteiger partial charge is 0.324 e. The maximum Gasteiger partial charge on any atom is 0.324 e. The molecule has 1 aromatic carbocycles. The number of rotatable bonds is 5. The van der Waals surface area contributed by atoms with Crippen LogP contribution in [-0.4, -0.2) is 42.4 Å². The van der Waals surface area contributed by atoms with E-state index in [-0.39, 0.29) is 11.8 Å². The van der Waals surface area contributed by atoms with Gasteiger partial charge in [0.25, 0.3) is 0 Å². The number of hydrogen-bond acceptors (Lipinski definition) is 5. The number of aromatic nitrogens is 2. The summed E-state index contributed by atoms with van der Waals surface area (Å²) in [5, 5.41) is 0. The van der Waals surface area contributed by atoms with Crippen LogP contribution in [0, 0.1) is 5.82 Å². The normalized spacial score (nSPS) is 10.7. The van der Waals surface area contributed by atoms with E-state index in [1.807, 2.05) is 0 Å². The van der Waals surface area contributed by atoms with Gasteiger partial charge in [0.1, 0.15) is 11.5 Å². The molecule has 2 rings (SSSR count). The SMILES string of the molecule is COc1ccc(Oc2ncc(F)c(/N=C/N(C)C)n2)cc1. The van der Waals surface area contributed by atoms with Crippen LogP contribution in [-0.2, 0) is 0 Å². The molecule has 110 valence electrons. The maximum absolute atomic E-state index is 13.5. The molecule has 0 unspecified atom stereocenters. The summed E-state index contributed by atoms with van der Waals surface area (Å²) in [6, 6.07) is 6.91. The third-order valence-electron chi connectivity index (χ3n) is 2.38. The summed E-state index contributed by atoms with van der Waals surface area (Å²) >= 11 is 0. The van der Waals surface area contributed by atoms with E-state index in [1.165, 1.54) is 6.34 Å². The van der Waals surface area contributed by atoms with Crippen molar-refractivity contribution in [3.05, 3.63) is 36.3 Å². The highest BCUT2D eigenvalue weighted by Gasteiger charge is 2.07. The van der Waals surface area contributed by atoms with Gasteiger partial charge in [-0.25, -0.2) is 14.4 Å². The Labute approximate surface area is 121 Å². The lowest BCUT2D eigenvalue weighted by molar-refractivity contribution is 0.410. The topological polar surface area (TPSA) is 59.8 Å². The molecule has 0 radical (unpaired) electrons. The number of nitrogens with zero attached hydrogens (tertiary/aromatic N) is 4. The summed E-state index contributed by atoms with van der Waals surface area (Å²) in [6.07, 6.45) is 2.47. The van der Waals surface area contributed by atoms with Crippen molar-refractivity contribution in [2.45, 2.75) is 0 Å². The molecule has 1 heterocycles. The van der Waals surface area contributed by atoms with Crippen molar-refractivity contribution in [2.24, 2.45) is 4.99 Å². The molecule has 0 bridgehead atoms. The quantitative estimate of drug-likeness (QED) is 0.626. The van der Waals surface area contributed by atoms with Crippen molar-refractivity contribution in [2.75, 3.05) is 21.2 Å². The minimum atomic E-state index is -0.616. The number of methoxy groups -OCH3 is 1. The molecule has 0 amide bonds. The van der Waals surface area contributed by atoms with E-state index in [0.29, 0.717) is 11.5 Å². The van der Waals surface area contributed by atoms with Gasteiger partial charge in [-0.05, 0) is 24.3 Å². The zero-order valence-electron chi connectivity index (χ0n) is 11.9. The van der Waals surface area contributed by atoms with Crippen LogP contribution < -0.4 is 9.47 Å². The van der Waals surface area contributed by atoms with Gasteiger partial charge in [0, 0.05) is 14.1 Å². The molecule has 0 saturated carbocycles. The minimum Gasteiger partial charge on any atom is -0.497 e. The first-order valence-electron chi connectivity index (χ1n) is 6.13. The molecule has 0 N–H and O–H groups in total. The Balaban J connectivity index is 2.18. The van der Waals surface area contributed by atoms with Gasteiger partial charge >= 0.3 is 6.01 Å². The van der Waals surface area contributed by atoms with Gasteiger partial charge in [-0.3, -0.25) is 0 Å².